The number of nitrogens with zero attached hydrogens (tertiary/aromatic N) is 5. The second-order valence-electron chi connectivity index (χ2n) is 6.53. The molecular weight excluding hydrogens is 436 g/mol. The normalized spacial score (nSPS) is 10.7. The fraction of sp³-hybridized carbons (Fsp3) is 0.200. The molecule has 1 aromatic carbocycles. The second kappa shape index (κ2) is 9.21. The highest BCUT2D eigenvalue weighted by atomic mass is 16.6. The highest BCUT2D eigenvalue weighted by molar-refractivity contribution is 5.91. The zero-order valence-corrected chi connectivity index (χ0v) is 17.5. The first kappa shape index (κ1) is 21.5. The lowest BCUT2D eigenvalue weighted by molar-refractivity contribution is -0.402. The third-order valence-corrected chi connectivity index (χ3v) is 4.51. The third-order valence-electron chi connectivity index (χ3n) is 4.51. The molecule has 13 heteroatoms. The molecule has 0 radical (unpaired) electrons. The van der Waals surface area contributed by atoms with Gasteiger partial charge in [0, 0.05) is 11.6 Å². The molecule has 4 aromatic rings. The van der Waals surface area contributed by atoms with Crippen LogP contribution in [0.15, 0.2) is 46.9 Å². The maximum Gasteiger partial charge on any atom is 0.433 e. The van der Waals surface area contributed by atoms with Crippen molar-refractivity contribution < 1.29 is 28.3 Å². The lowest BCUT2D eigenvalue weighted by Crippen LogP contribution is -2.27. The van der Waals surface area contributed by atoms with Crippen molar-refractivity contribution in [1.82, 2.24) is 25.1 Å². The maximum absolute atomic E-state index is 12.0. The quantitative estimate of drug-likeness (QED) is 0.226. The molecule has 0 spiro atoms. The fourth-order valence-corrected chi connectivity index (χ4v) is 2.96. The van der Waals surface area contributed by atoms with Crippen LogP contribution in [0.4, 0.5) is 5.88 Å². The Morgan fingerprint density at radius 2 is 1.94 bits per heavy atom. The molecule has 4 rings (SSSR count). The Kier molecular flexibility index (Phi) is 6.02. The number of carbonyl (C=O) groups excluding carboxylic acids is 1. The van der Waals surface area contributed by atoms with Gasteiger partial charge in [-0.3, -0.25) is 14.9 Å². The minimum absolute atomic E-state index is 0.0981. The SMILES string of the molecule is COc1ccc(-c2nnc3ccc(OCCNC(=O)c4ccc([N+](=O)[O-])o4)nn23)cc1OC. The van der Waals surface area contributed by atoms with Crippen molar-refractivity contribution in [2.24, 2.45) is 0 Å². The molecule has 3 aromatic heterocycles. The number of ether oxygens (including phenoxy) is 3. The Bertz CT molecular complexity index is 1320. The molecule has 170 valence electrons. The summed E-state index contributed by atoms with van der Waals surface area (Å²) in [4.78, 5) is 21.9. The van der Waals surface area contributed by atoms with Crippen LogP contribution in [0.1, 0.15) is 10.6 Å². The van der Waals surface area contributed by atoms with Crippen LogP contribution in [0, 0.1) is 10.1 Å². The Labute approximate surface area is 186 Å². The first-order valence-electron chi connectivity index (χ1n) is 9.60. The summed E-state index contributed by atoms with van der Waals surface area (Å²) < 4.78 is 22.6. The number of furan rings is 1. The predicted molar refractivity (Wildman–Crippen MR) is 113 cm³/mol. The van der Waals surface area contributed by atoms with Crippen LogP contribution in [-0.4, -0.2) is 58.0 Å². The number of methoxy groups -OCH3 is 2. The Morgan fingerprint density at radius 3 is 2.67 bits per heavy atom. The van der Waals surface area contributed by atoms with E-state index in [1.54, 1.807) is 38.5 Å². The Balaban J connectivity index is 1.42. The van der Waals surface area contributed by atoms with Crippen LogP contribution in [0.5, 0.6) is 17.4 Å². The van der Waals surface area contributed by atoms with E-state index in [4.69, 9.17) is 18.6 Å². The molecule has 13 nitrogen and oxygen atoms in total. The molecule has 1 amide bonds. The standard InChI is InChI=1S/C20H18N6O7/c1-30-13-4-3-12(11-15(13)31-2)19-23-22-16-6-7-17(24-25(16)19)32-10-9-21-20(27)14-5-8-18(33-14)26(28)29/h3-8,11H,9-10H2,1-2H3,(H,21,27). The molecule has 0 saturated heterocycles. The largest absolute Gasteiger partial charge is 0.493 e. The number of nitrogens with one attached hydrogen (secondary N) is 1. The van der Waals surface area contributed by atoms with Crippen LogP contribution in [0.3, 0.4) is 0 Å². The van der Waals surface area contributed by atoms with Gasteiger partial charge in [0.2, 0.25) is 5.88 Å². The van der Waals surface area contributed by atoms with Gasteiger partial charge < -0.3 is 23.9 Å². The topological polar surface area (TPSA) is 156 Å². The number of carbonyl (C=O) groups is 1. The molecule has 33 heavy (non-hydrogen) atoms. The van der Waals surface area contributed by atoms with Crippen molar-refractivity contribution >= 4 is 17.4 Å². The number of hydrogen-bond acceptors (Lipinski definition) is 10. The van der Waals surface area contributed by atoms with Crippen molar-refractivity contribution in [2.75, 3.05) is 27.4 Å². The molecular formula is C20H18N6O7. The van der Waals surface area contributed by atoms with Gasteiger partial charge in [-0.1, -0.05) is 0 Å². The van der Waals surface area contributed by atoms with E-state index >= 15 is 0 Å². The summed E-state index contributed by atoms with van der Waals surface area (Å²) in [5, 5.41) is 25.9. The van der Waals surface area contributed by atoms with Crippen LogP contribution >= 0.6 is 0 Å². The van der Waals surface area contributed by atoms with E-state index in [1.165, 1.54) is 10.6 Å². The number of rotatable bonds is 9. The zero-order valence-electron chi connectivity index (χ0n) is 17.5. The van der Waals surface area contributed by atoms with Gasteiger partial charge in [0.05, 0.1) is 26.8 Å². The van der Waals surface area contributed by atoms with Crippen LogP contribution < -0.4 is 19.5 Å². The minimum Gasteiger partial charge on any atom is -0.493 e. The van der Waals surface area contributed by atoms with Crippen LogP contribution in [0.25, 0.3) is 17.0 Å². The van der Waals surface area contributed by atoms with Gasteiger partial charge in [-0.25, -0.2) is 0 Å². The first-order valence-corrected chi connectivity index (χ1v) is 9.60. The van der Waals surface area contributed by atoms with Crippen LogP contribution in [0.2, 0.25) is 0 Å². The molecule has 0 aliphatic carbocycles. The average Bonchev–Trinajstić information content (AvgIpc) is 3.49. The summed E-state index contributed by atoms with van der Waals surface area (Å²) in [6.07, 6.45) is 0. The molecule has 3 heterocycles. The molecule has 0 fully saturated rings. The van der Waals surface area contributed by atoms with Crippen molar-refractivity contribution in [3.63, 3.8) is 0 Å². The van der Waals surface area contributed by atoms with Gasteiger partial charge in [0.25, 0.3) is 5.91 Å². The van der Waals surface area contributed by atoms with E-state index in [2.05, 4.69) is 20.6 Å². The number of benzene rings is 1. The van der Waals surface area contributed by atoms with Gasteiger partial charge in [-0.2, -0.15) is 4.52 Å². The van der Waals surface area contributed by atoms with E-state index in [-0.39, 0.29) is 24.8 Å². The lowest BCUT2D eigenvalue weighted by atomic mass is 10.2. The fourth-order valence-electron chi connectivity index (χ4n) is 2.96. The van der Waals surface area contributed by atoms with E-state index in [0.717, 1.165) is 6.07 Å². The molecule has 0 saturated carbocycles. The number of hydrogen-bond donors (Lipinski definition) is 1. The average molecular weight is 454 g/mol. The summed E-state index contributed by atoms with van der Waals surface area (Å²) in [5.74, 6) is 0.620. The molecule has 0 aliphatic rings. The van der Waals surface area contributed by atoms with Gasteiger partial charge in [-0.05, 0) is 30.3 Å². The highest BCUT2D eigenvalue weighted by Crippen LogP contribution is 2.31. The van der Waals surface area contributed by atoms with Crippen LogP contribution in [-0.2, 0) is 0 Å². The molecule has 1 N–H and O–H groups in total. The third kappa shape index (κ3) is 4.51. The summed E-state index contributed by atoms with van der Waals surface area (Å²) in [5.41, 5.74) is 1.23. The monoisotopic (exact) mass is 454 g/mol. The van der Waals surface area contributed by atoms with E-state index in [9.17, 15) is 14.9 Å². The zero-order chi connectivity index (χ0) is 23.4. The maximum atomic E-state index is 12.0. The Hall–Kier alpha value is -4.68. The van der Waals surface area contributed by atoms with Gasteiger partial charge in [0.15, 0.2) is 28.7 Å². The molecule has 0 bridgehead atoms. The molecule has 0 atom stereocenters. The van der Waals surface area contributed by atoms with Crippen molar-refractivity contribution in [2.45, 2.75) is 0 Å². The summed E-state index contributed by atoms with van der Waals surface area (Å²) >= 11 is 0. The minimum atomic E-state index is -0.719. The van der Waals surface area contributed by atoms with E-state index in [1.807, 2.05) is 6.07 Å². The number of fused-ring (bicyclic) bond motifs is 1. The van der Waals surface area contributed by atoms with E-state index in [0.29, 0.717) is 28.5 Å². The highest BCUT2D eigenvalue weighted by Gasteiger charge is 2.17. The summed E-state index contributed by atoms with van der Waals surface area (Å²) in [6, 6.07) is 11.0. The van der Waals surface area contributed by atoms with Crippen molar-refractivity contribution in [3.05, 3.63) is 58.3 Å². The van der Waals surface area contributed by atoms with Gasteiger partial charge in [-0.15, -0.1) is 15.3 Å². The second-order valence-corrected chi connectivity index (χ2v) is 6.53. The Morgan fingerprint density at radius 1 is 1.12 bits per heavy atom. The molecule has 0 aliphatic heterocycles. The summed E-state index contributed by atoms with van der Waals surface area (Å²) in [6.45, 7) is 0.221. The van der Waals surface area contributed by atoms with Gasteiger partial charge >= 0.3 is 5.88 Å². The predicted octanol–water partition coefficient (Wildman–Crippen LogP) is 2.12. The van der Waals surface area contributed by atoms with Crippen molar-refractivity contribution in [1.29, 1.82) is 0 Å². The van der Waals surface area contributed by atoms with Crippen molar-refractivity contribution in [3.8, 4) is 28.8 Å². The smallest absolute Gasteiger partial charge is 0.433 e. The number of nitro groups is 1. The van der Waals surface area contributed by atoms with Gasteiger partial charge in [0.1, 0.15) is 11.5 Å². The number of amides is 1. The summed E-state index contributed by atoms with van der Waals surface area (Å²) in [7, 11) is 3.09. The molecule has 0 unspecified atom stereocenters. The van der Waals surface area contributed by atoms with E-state index < -0.39 is 16.7 Å². The lowest BCUT2D eigenvalue weighted by Gasteiger charge is -2.09. The number of aromatic nitrogens is 4. The first-order chi connectivity index (χ1) is 16.0.